The Morgan fingerprint density at radius 2 is 1.60 bits per heavy atom. The number of rotatable bonds is 12. The van der Waals surface area contributed by atoms with Crippen molar-refractivity contribution >= 4 is 40.9 Å². The summed E-state index contributed by atoms with van der Waals surface area (Å²) >= 11 is 12.3. The van der Waals surface area contributed by atoms with Crippen LogP contribution in [0.3, 0.4) is 0 Å². The summed E-state index contributed by atoms with van der Waals surface area (Å²) in [4.78, 5) is 42.6. The summed E-state index contributed by atoms with van der Waals surface area (Å²) in [6.45, 7) is 6.60. The molecule has 212 valence electrons. The molecule has 0 bridgehead atoms. The van der Waals surface area contributed by atoms with Crippen LogP contribution in [0.5, 0.6) is 17.2 Å². The maximum Gasteiger partial charge on any atom is 0.313 e. The fourth-order valence-corrected chi connectivity index (χ4v) is 4.16. The van der Waals surface area contributed by atoms with Crippen LogP contribution >= 0.6 is 23.2 Å². The molecule has 40 heavy (non-hydrogen) atoms. The fourth-order valence-electron chi connectivity index (χ4n) is 3.71. The van der Waals surface area contributed by atoms with E-state index in [1.807, 2.05) is 30.3 Å². The molecule has 0 fully saturated rings. The number of aromatic nitrogens is 1. The van der Waals surface area contributed by atoms with E-state index in [1.165, 1.54) is 19.4 Å². The molecule has 1 heterocycles. The molecule has 0 N–H and O–H groups in total. The third-order valence-electron chi connectivity index (χ3n) is 5.92. The van der Waals surface area contributed by atoms with E-state index in [9.17, 15) is 14.4 Å². The van der Waals surface area contributed by atoms with Gasteiger partial charge in [-0.3, -0.25) is 14.4 Å². The first-order valence-electron chi connectivity index (χ1n) is 12.7. The lowest BCUT2D eigenvalue weighted by Crippen LogP contribution is -2.30. The number of hydrogen-bond acceptors (Lipinski definition) is 8. The molecule has 8 nitrogen and oxygen atoms in total. The molecule has 3 aromatic rings. The summed E-state index contributed by atoms with van der Waals surface area (Å²) in [5.74, 6) is -2.48. The Bertz CT molecular complexity index is 1350. The quantitative estimate of drug-likeness (QED) is 0.166. The summed E-state index contributed by atoms with van der Waals surface area (Å²) in [5, 5.41) is 0.768. The molecule has 0 radical (unpaired) electrons. The van der Waals surface area contributed by atoms with Gasteiger partial charge in [-0.15, -0.1) is 0 Å². The van der Waals surface area contributed by atoms with E-state index in [0.29, 0.717) is 15.8 Å². The van der Waals surface area contributed by atoms with Crippen LogP contribution in [-0.4, -0.2) is 35.9 Å². The highest BCUT2D eigenvalue weighted by Gasteiger charge is 2.30. The second-order valence-corrected chi connectivity index (χ2v) is 10.3. The summed E-state index contributed by atoms with van der Waals surface area (Å²) in [6, 6.07) is 15.6. The van der Waals surface area contributed by atoms with E-state index in [2.05, 4.69) is 4.98 Å². The van der Waals surface area contributed by atoms with Gasteiger partial charge in [-0.2, -0.15) is 0 Å². The van der Waals surface area contributed by atoms with Crippen LogP contribution < -0.4 is 14.2 Å². The van der Waals surface area contributed by atoms with E-state index in [4.69, 9.17) is 42.1 Å². The highest BCUT2D eigenvalue weighted by molar-refractivity contribution is 6.35. The predicted molar refractivity (Wildman–Crippen MR) is 151 cm³/mol. The first-order chi connectivity index (χ1) is 19.0. The lowest BCUT2D eigenvalue weighted by molar-refractivity contribution is -0.157. The third kappa shape index (κ3) is 7.96. The molecule has 0 spiro atoms. The van der Waals surface area contributed by atoms with Crippen molar-refractivity contribution in [3.8, 4) is 17.2 Å². The Hall–Kier alpha value is -3.62. The maximum absolute atomic E-state index is 13.2. The highest BCUT2D eigenvalue weighted by Crippen LogP contribution is 2.34. The lowest BCUT2D eigenvalue weighted by Gasteiger charge is -2.27. The minimum atomic E-state index is -0.841. The Kier molecular flexibility index (Phi) is 10.9. The molecule has 0 saturated carbocycles. The monoisotopic (exact) mass is 587 g/mol. The van der Waals surface area contributed by atoms with Gasteiger partial charge in [0.1, 0.15) is 11.9 Å². The number of esters is 2. The smallest absolute Gasteiger partial charge is 0.313 e. The van der Waals surface area contributed by atoms with Gasteiger partial charge in [-0.25, -0.2) is 4.98 Å². The van der Waals surface area contributed by atoms with Crippen molar-refractivity contribution in [3.05, 3.63) is 82.1 Å². The minimum Gasteiger partial charge on any atom is -0.493 e. The van der Waals surface area contributed by atoms with Crippen LogP contribution in [0.4, 0.5) is 0 Å². The Labute approximate surface area is 243 Å². The molecule has 0 aliphatic carbocycles. The molecule has 0 aliphatic rings. The zero-order valence-corrected chi connectivity index (χ0v) is 24.4. The van der Waals surface area contributed by atoms with E-state index in [-0.39, 0.29) is 23.6 Å². The van der Waals surface area contributed by atoms with Gasteiger partial charge in [0.15, 0.2) is 23.3 Å². The fraction of sp³-hybridized carbons (Fsp3) is 0.333. The van der Waals surface area contributed by atoms with Gasteiger partial charge in [0.05, 0.1) is 24.0 Å². The molecule has 3 rings (SSSR count). The van der Waals surface area contributed by atoms with E-state index in [1.54, 1.807) is 45.9 Å². The summed E-state index contributed by atoms with van der Waals surface area (Å²) in [5.41, 5.74) is 0.652. The SMILES string of the molecule is COc1ccnc(C(=O)C[C@@H](C)C(=O)O[C@@H](C)[C@@H](Oc2ccc(Cl)cc2Cl)c2ccccc2)c1OC(=O)C(C)C. The second-order valence-electron chi connectivity index (χ2n) is 9.46. The number of pyridine rings is 1. The number of benzene rings is 2. The number of carbonyl (C=O) groups excluding carboxylic acids is 3. The zero-order chi connectivity index (χ0) is 29.4. The topological polar surface area (TPSA) is 101 Å². The molecule has 3 atom stereocenters. The van der Waals surface area contributed by atoms with Gasteiger partial charge in [-0.05, 0) is 30.7 Å². The molecular weight excluding hydrogens is 557 g/mol. The summed E-state index contributed by atoms with van der Waals surface area (Å²) in [6.07, 6.45) is -0.323. The van der Waals surface area contributed by atoms with Crippen molar-refractivity contribution in [3.63, 3.8) is 0 Å². The van der Waals surface area contributed by atoms with Crippen LogP contribution in [0.1, 0.15) is 56.3 Å². The molecule has 1 aromatic heterocycles. The number of Topliss-reactive ketones (excluding diaryl/α,β-unsaturated/α-hetero) is 1. The Morgan fingerprint density at radius 1 is 0.900 bits per heavy atom. The van der Waals surface area contributed by atoms with Crippen LogP contribution in [0, 0.1) is 11.8 Å². The number of methoxy groups -OCH3 is 1. The van der Waals surface area contributed by atoms with Crippen LogP contribution in [-0.2, 0) is 14.3 Å². The minimum absolute atomic E-state index is 0.0833. The first kappa shape index (κ1) is 30.9. The van der Waals surface area contributed by atoms with Crippen molar-refractivity contribution < 1.29 is 33.3 Å². The number of halogens is 2. The van der Waals surface area contributed by atoms with Gasteiger partial charge >= 0.3 is 11.9 Å². The lowest BCUT2D eigenvalue weighted by atomic mass is 10.0. The van der Waals surface area contributed by atoms with Gasteiger partial charge < -0.3 is 18.9 Å². The van der Waals surface area contributed by atoms with E-state index in [0.717, 1.165) is 5.56 Å². The summed E-state index contributed by atoms with van der Waals surface area (Å²) in [7, 11) is 1.39. The molecule has 0 saturated heterocycles. The first-order valence-corrected chi connectivity index (χ1v) is 13.4. The van der Waals surface area contributed by atoms with Gasteiger partial charge in [0.2, 0.25) is 5.75 Å². The van der Waals surface area contributed by atoms with E-state index < -0.39 is 41.8 Å². The number of ketones is 1. The van der Waals surface area contributed by atoms with Gasteiger partial charge in [0.25, 0.3) is 0 Å². The van der Waals surface area contributed by atoms with E-state index >= 15 is 0 Å². The van der Waals surface area contributed by atoms with Crippen molar-refractivity contribution in [2.45, 2.75) is 46.3 Å². The van der Waals surface area contributed by atoms with Gasteiger partial charge in [0, 0.05) is 23.7 Å². The number of carbonyl (C=O) groups is 3. The zero-order valence-electron chi connectivity index (χ0n) is 22.9. The van der Waals surface area contributed by atoms with Crippen molar-refractivity contribution in [1.82, 2.24) is 4.98 Å². The third-order valence-corrected chi connectivity index (χ3v) is 6.46. The Morgan fingerprint density at radius 3 is 2.23 bits per heavy atom. The van der Waals surface area contributed by atoms with Gasteiger partial charge in [-0.1, -0.05) is 74.3 Å². The largest absolute Gasteiger partial charge is 0.493 e. The van der Waals surface area contributed by atoms with Crippen molar-refractivity contribution in [2.24, 2.45) is 11.8 Å². The second kappa shape index (κ2) is 14.1. The molecule has 10 heteroatoms. The summed E-state index contributed by atoms with van der Waals surface area (Å²) < 4.78 is 22.6. The average molecular weight is 588 g/mol. The molecule has 0 aliphatic heterocycles. The van der Waals surface area contributed by atoms with Crippen LogP contribution in [0.2, 0.25) is 10.0 Å². The maximum atomic E-state index is 13.2. The highest BCUT2D eigenvalue weighted by atomic mass is 35.5. The number of hydrogen-bond donors (Lipinski definition) is 0. The Balaban J connectivity index is 1.76. The molecule has 2 aromatic carbocycles. The standard InChI is InChI=1S/C30H31Cl2NO7/c1-17(2)29(35)40-28-25(37-5)13-14-33-26(28)23(34)15-18(3)30(36)38-19(4)27(20-9-7-6-8-10-20)39-24-12-11-21(31)16-22(24)32/h6-14,16-19,27H,15H2,1-5H3/t18-,19+,27-/m1/s1. The van der Waals surface area contributed by atoms with Crippen LogP contribution in [0.25, 0.3) is 0 Å². The number of nitrogens with zero attached hydrogens (tertiary/aromatic N) is 1. The average Bonchev–Trinajstić information content (AvgIpc) is 2.92. The number of ether oxygens (including phenoxy) is 4. The molecular formula is C30H31Cl2NO7. The molecule has 0 amide bonds. The van der Waals surface area contributed by atoms with Crippen molar-refractivity contribution in [2.75, 3.05) is 7.11 Å². The molecule has 0 unspecified atom stereocenters. The van der Waals surface area contributed by atoms with Crippen LogP contribution in [0.15, 0.2) is 60.8 Å². The normalized spacial score (nSPS) is 13.2. The van der Waals surface area contributed by atoms with Crippen molar-refractivity contribution in [1.29, 1.82) is 0 Å². The predicted octanol–water partition coefficient (Wildman–Crippen LogP) is 6.92.